The number of aromatic nitrogens is 3. The van der Waals surface area contributed by atoms with E-state index in [-0.39, 0.29) is 0 Å². The molecule has 0 saturated heterocycles. The summed E-state index contributed by atoms with van der Waals surface area (Å²) in [5.41, 5.74) is 2.36. The standard InChI is InChI=1S/C19H28N6O/c1-14-8-9-15(17(10-14)26-16-6-4-5-7-16)11-21-19(20-2)22-12-18-24-23-13-25(18)3/h8-10,13,16H,4-7,11-12H2,1-3H3,(H2,20,21,22). The molecule has 2 N–H and O–H groups in total. The van der Waals surface area contributed by atoms with Crippen LogP contribution in [-0.4, -0.2) is 33.9 Å². The molecule has 0 spiro atoms. The van der Waals surface area contributed by atoms with E-state index in [0.717, 1.165) is 35.9 Å². The first-order valence-corrected chi connectivity index (χ1v) is 9.19. The van der Waals surface area contributed by atoms with Gasteiger partial charge in [-0.3, -0.25) is 4.99 Å². The van der Waals surface area contributed by atoms with Gasteiger partial charge < -0.3 is 19.9 Å². The van der Waals surface area contributed by atoms with E-state index >= 15 is 0 Å². The van der Waals surface area contributed by atoms with Crippen LogP contribution < -0.4 is 15.4 Å². The van der Waals surface area contributed by atoms with Crippen LogP contribution in [0.15, 0.2) is 29.5 Å². The summed E-state index contributed by atoms with van der Waals surface area (Å²) in [6.07, 6.45) is 6.88. The van der Waals surface area contributed by atoms with Crippen molar-refractivity contribution >= 4 is 5.96 Å². The van der Waals surface area contributed by atoms with E-state index in [9.17, 15) is 0 Å². The number of hydrogen-bond donors (Lipinski definition) is 2. The van der Waals surface area contributed by atoms with Crippen molar-refractivity contribution in [2.75, 3.05) is 7.05 Å². The molecule has 0 unspecified atom stereocenters. The Hall–Kier alpha value is -2.57. The molecule has 7 heteroatoms. The van der Waals surface area contributed by atoms with Crippen LogP contribution in [0.4, 0.5) is 0 Å². The highest BCUT2D eigenvalue weighted by atomic mass is 16.5. The summed E-state index contributed by atoms with van der Waals surface area (Å²) in [5, 5.41) is 14.6. The minimum Gasteiger partial charge on any atom is -0.490 e. The maximum Gasteiger partial charge on any atom is 0.191 e. The number of hydrogen-bond acceptors (Lipinski definition) is 4. The van der Waals surface area contributed by atoms with Crippen molar-refractivity contribution < 1.29 is 4.74 Å². The molecule has 1 aromatic carbocycles. The molecule has 0 radical (unpaired) electrons. The third-order valence-corrected chi connectivity index (χ3v) is 4.71. The summed E-state index contributed by atoms with van der Waals surface area (Å²) in [7, 11) is 3.68. The van der Waals surface area contributed by atoms with Crippen LogP contribution in [0.5, 0.6) is 5.75 Å². The minimum absolute atomic E-state index is 0.351. The summed E-state index contributed by atoms with van der Waals surface area (Å²) < 4.78 is 8.15. The molecule has 7 nitrogen and oxygen atoms in total. The third kappa shape index (κ3) is 4.74. The van der Waals surface area contributed by atoms with E-state index in [1.54, 1.807) is 13.4 Å². The Morgan fingerprint density at radius 1 is 1.27 bits per heavy atom. The van der Waals surface area contributed by atoms with E-state index in [1.165, 1.54) is 18.4 Å². The average Bonchev–Trinajstić information content (AvgIpc) is 3.28. The lowest BCUT2D eigenvalue weighted by atomic mass is 10.1. The highest BCUT2D eigenvalue weighted by molar-refractivity contribution is 5.79. The highest BCUT2D eigenvalue weighted by Crippen LogP contribution is 2.27. The molecule has 26 heavy (non-hydrogen) atoms. The van der Waals surface area contributed by atoms with Gasteiger partial charge >= 0.3 is 0 Å². The summed E-state index contributed by atoms with van der Waals surface area (Å²) in [6.45, 7) is 3.32. The SMILES string of the molecule is CN=C(NCc1ccc(C)cc1OC1CCCC1)NCc1nncn1C. The topological polar surface area (TPSA) is 76.4 Å². The monoisotopic (exact) mass is 356 g/mol. The Morgan fingerprint density at radius 2 is 2.04 bits per heavy atom. The van der Waals surface area contributed by atoms with Crippen molar-refractivity contribution in [3.05, 3.63) is 41.5 Å². The zero-order valence-corrected chi connectivity index (χ0v) is 15.8. The fourth-order valence-corrected chi connectivity index (χ4v) is 3.13. The van der Waals surface area contributed by atoms with Crippen molar-refractivity contribution in [3.63, 3.8) is 0 Å². The number of rotatable bonds is 6. The fraction of sp³-hybridized carbons (Fsp3) is 0.526. The molecule has 0 bridgehead atoms. The van der Waals surface area contributed by atoms with Crippen molar-refractivity contribution in [2.45, 2.75) is 51.8 Å². The van der Waals surface area contributed by atoms with Gasteiger partial charge in [0.2, 0.25) is 0 Å². The molecule has 1 aromatic heterocycles. The Morgan fingerprint density at radius 3 is 2.73 bits per heavy atom. The molecule has 0 aliphatic heterocycles. The van der Waals surface area contributed by atoms with E-state index in [0.29, 0.717) is 19.2 Å². The number of aryl methyl sites for hydroxylation is 2. The molecule has 0 amide bonds. The van der Waals surface area contributed by atoms with Crippen LogP contribution in [0, 0.1) is 6.92 Å². The molecule has 1 aliphatic carbocycles. The maximum absolute atomic E-state index is 6.27. The van der Waals surface area contributed by atoms with Gasteiger partial charge in [0.25, 0.3) is 0 Å². The van der Waals surface area contributed by atoms with E-state index in [2.05, 4.69) is 50.9 Å². The van der Waals surface area contributed by atoms with Crippen LogP contribution in [0.3, 0.4) is 0 Å². The number of ether oxygens (including phenoxy) is 1. The number of benzene rings is 1. The summed E-state index contributed by atoms with van der Waals surface area (Å²) in [4.78, 5) is 4.28. The van der Waals surface area contributed by atoms with Crippen molar-refractivity contribution in [2.24, 2.45) is 12.0 Å². The van der Waals surface area contributed by atoms with Crippen LogP contribution in [0.2, 0.25) is 0 Å². The fourth-order valence-electron chi connectivity index (χ4n) is 3.13. The molecule has 3 rings (SSSR count). The average molecular weight is 356 g/mol. The van der Waals surface area contributed by atoms with Crippen LogP contribution in [-0.2, 0) is 20.1 Å². The van der Waals surface area contributed by atoms with Gasteiger partial charge in [0.15, 0.2) is 11.8 Å². The summed E-state index contributed by atoms with van der Waals surface area (Å²) in [5.74, 6) is 2.56. The molecule has 1 fully saturated rings. The Kier molecular flexibility index (Phi) is 6.09. The Bertz CT molecular complexity index is 748. The van der Waals surface area contributed by atoms with Gasteiger partial charge in [0, 0.05) is 26.2 Å². The van der Waals surface area contributed by atoms with Gasteiger partial charge in [-0.2, -0.15) is 0 Å². The lowest BCUT2D eigenvalue weighted by molar-refractivity contribution is 0.207. The van der Waals surface area contributed by atoms with Crippen LogP contribution in [0.25, 0.3) is 0 Å². The zero-order valence-electron chi connectivity index (χ0n) is 15.8. The molecule has 1 aliphatic rings. The molecule has 1 saturated carbocycles. The molecule has 140 valence electrons. The predicted molar refractivity (Wildman–Crippen MR) is 102 cm³/mol. The quantitative estimate of drug-likeness (QED) is 0.614. The number of aliphatic imine (C=N–C) groups is 1. The molecule has 0 atom stereocenters. The van der Waals surface area contributed by atoms with Gasteiger partial charge in [-0.15, -0.1) is 10.2 Å². The first-order chi connectivity index (χ1) is 12.7. The zero-order chi connectivity index (χ0) is 18.4. The summed E-state index contributed by atoms with van der Waals surface area (Å²) >= 11 is 0. The molecular formula is C19H28N6O. The Labute approximate surface area is 154 Å². The minimum atomic E-state index is 0.351. The number of guanidine groups is 1. The van der Waals surface area contributed by atoms with Gasteiger partial charge in [0.1, 0.15) is 12.1 Å². The summed E-state index contributed by atoms with van der Waals surface area (Å²) in [6, 6.07) is 6.38. The second kappa shape index (κ2) is 8.69. The first-order valence-electron chi connectivity index (χ1n) is 9.19. The molecule has 1 heterocycles. The van der Waals surface area contributed by atoms with E-state index < -0.39 is 0 Å². The Balaban J connectivity index is 1.59. The van der Waals surface area contributed by atoms with Crippen molar-refractivity contribution in [1.82, 2.24) is 25.4 Å². The van der Waals surface area contributed by atoms with Gasteiger partial charge in [-0.1, -0.05) is 12.1 Å². The lowest BCUT2D eigenvalue weighted by Crippen LogP contribution is -2.37. The first kappa shape index (κ1) is 18.2. The van der Waals surface area contributed by atoms with Gasteiger partial charge in [-0.25, -0.2) is 0 Å². The smallest absolute Gasteiger partial charge is 0.191 e. The largest absolute Gasteiger partial charge is 0.490 e. The predicted octanol–water partition coefficient (Wildman–Crippen LogP) is 2.31. The number of nitrogens with one attached hydrogen (secondary N) is 2. The maximum atomic E-state index is 6.27. The van der Waals surface area contributed by atoms with Crippen molar-refractivity contribution in [1.29, 1.82) is 0 Å². The molecular weight excluding hydrogens is 328 g/mol. The van der Waals surface area contributed by atoms with Gasteiger partial charge in [-0.05, 0) is 44.2 Å². The number of nitrogens with zero attached hydrogens (tertiary/aromatic N) is 4. The lowest BCUT2D eigenvalue weighted by Gasteiger charge is -2.18. The van der Waals surface area contributed by atoms with Crippen molar-refractivity contribution in [3.8, 4) is 5.75 Å². The second-order valence-corrected chi connectivity index (χ2v) is 6.77. The third-order valence-electron chi connectivity index (χ3n) is 4.71. The van der Waals surface area contributed by atoms with Crippen LogP contribution in [0.1, 0.15) is 42.6 Å². The molecule has 2 aromatic rings. The highest BCUT2D eigenvalue weighted by Gasteiger charge is 2.18. The van der Waals surface area contributed by atoms with E-state index in [1.807, 2.05) is 11.6 Å². The van der Waals surface area contributed by atoms with Crippen LogP contribution >= 0.6 is 0 Å². The van der Waals surface area contributed by atoms with E-state index in [4.69, 9.17) is 4.74 Å². The second-order valence-electron chi connectivity index (χ2n) is 6.77. The van der Waals surface area contributed by atoms with Gasteiger partial charge in [0.05, 0.1) is 12.6 Å². The normalized spacial score (nSPS) is 15.3.